The summed E-state index contributed by atoms with van der Waals surface area (Å²) in [6.07, 6.45) is 0.243. The van der Waals surface area contributed by atoms with Gasteiger partial charge in [0.05, 0.1) is 6.04 Å². The van der Waals surface area contributed by atoms with E-state index in [4.69, 9.17) is 10.8 Å². The summed E-state index contributed by atoms with van der Waals surface area (Å²) >= 11 is 0. The standard InChI is InChI=1S/C25H45N5O8/c1-8-13(5)19(30-22(34)18(26)12(3)4)23(35)27-15(7)21(33)29-20(14(6)9-2)24(36)28-16(25(37)38)10-11-17(31)32/h12-16,18-20H,8-11,26H2,1-7H3,(H,27,35)(H,28,36)(H,29,33)(H,30,34)(H,31,32)(H,37,38)/t13-,14-,15-,16-,18-,19-,20-/m0/s1. The normalized spacial score (nSPS) is 16.7. The number of nitrogens with one attached hydrogen (secondary N) is 4. The molecule has 0 aliphatic rings. The SMILES string of the molecule is CC[C@H](C)[C@H](NC(=O)[C@H](C)NC(=O)[C@@H](NC(=O)[C@@H](N)C(C)C)[C@@H](C)CC)C(=O)N[C@@H](CCC(=O)O)C(=O)O. The van der Waals surface area contributed by atoms with Crippen LogP contribution in [0.4, 0.5) is 0 Å². The van der Waals surface area contributed by atoms with Gasteiger partial charge in [-0.15, -0.1) is 0 Å². The second-order valence-electron chi connectivity index (χ2n) is 10.1. The zero-order chi connectivity index (χ0) is 29.7. The minimum atomic E-state index is -1.45. The molecule has 0 spiro atoms. The van der Waals surface area contributed by atoms with Crippen molar-refractivity contribution in [3.8, 4) is 0 Å². The molecule has 0 heterocycles. The van der Waals surface area contributed by atoms with Crippen LogP contribution in [0.15, 0.2) is 0 Å². The predicted molar refractivity (Wildman–Crippen MR) is 140 cm³/mol. The van der Waals surface area contributed by atoms with Crippen LogP contribution in [0.5, 0.6) is 0 Å². The molecular formula is C25H45N5O8. The molecule has 0 rings (SSSR count). The number of carbonyl (C=O) groups excluding carboxylic acids is 4. The molecule has 0 bridgehead atoms. The molecule has 0 saturated carbocycles. The Morgan fingerprint density at radius 2 is 1.13 bits per heavy atom. The maximum Gasteiger partial charge on any atom is 0.326 e. The van der Waals surface area contributed by atoms with E-state index < -0.39 is 78.1 Å². The summed E-state index contributed by atoms with van der Waals surface area (Å²) in [5.74, 6) is -5.96. The Balaban J connectivity index is 5.51. The summed E-state index contributed by atoms with van der Waals surface area (Å²) in [7, 11) is 0. The quantitative estimate of drug-likeness (QED) is 0.131. The summed E-state index contributed by atoms with van der Waals surface area (Å²) in [5.41, 5.74) is 5.90. The summed E-state index contributed by atoms with van der Waals surface area (Å²) in [4.78, 5) is 73.6. The monoisotopic (exact) mass is 543 g/mol. The van der Waals surface area contributed by atoms with E-state index in [2.05, 4.69) is 21.3 Å². The van der Waals surface area contributed by atoms with Gasteiger partial charge in [-0.25, -0.2) is 4.79 Å². The van der Waals surface area contributed by atoms with Crippen molar-refractivity contribution in [1.82, 2.24) is 21.3 Å². The Kier molecular flexibility index (Phi) is 15.2. The fourth-order valence-electron chi connectivity index (χ4n) is 3.39. The van der Waals surface area contributed by atoms with Gasteiger partial charge in [-0.1, -0.05) is 54.4 Å². The molecule has 13 heteroatoms. The molecule has 7 atom stereocenters. The highest BCUT2D eigenvalue weighted by Crippen LogP contribution is 2.12. The van der Waals surface area contributed by atoms with Gasteiger partial charge in [0.15, 0.2) is 0 Å². The largest absolute Gasteiger partial charge is 0.481 e. The van der Waals surface area contributed by atoms with Crippen LogP contribution in [0.2, 0.25) is 0 Å². The van der Waals surface area contributed by atoms with Crippen molar-refractivity contribution in [3.05, 3.63) is 0 Å². The van der Waals surface area contributed by atoms with Crippen molar-refractivity contribution in [3.63, 3.8) is 0 Å². The minimum Gasteiger partial charge on any atom is -0.481 e. The van der Waals surface area contributed by atoms with E-state index in [1.54, 1.807) is 34.6 Å². The van der Waals surface area contributed by atoms with Crippen molar-refractivity contribution >= 4 is 35.6 Å². The Hall–Kier alpha value is -3.22. The summed E-state index contributed by atoms with van der Waals surface area (Å²) in [6, 6.07) is -5.42. The number of amides is 4. The number of carbonyl (C=O) groups is 6. The first-order chi connectivity index (χ1) is 17.6. The van der Waals surface area contributed by atoms with Crippen molar-refractivity contribution in [2.45, 2.75) is 104 Å². The maximum absolute atomic E-state index is 13.0. The van der Waals surface area contributed by atoms with Gasteiger partial charge < -0.3 is 37.2 Å². The smallest absolute Gasteiger partial charge is 0.326 e. The van der Waals surface area contributed by atoms with Gasteiger partial charge in [-0.2, -0.15) is 0 Å². The molecule has 0 saturated heterocycles. The van der Waals surface area contributed by atoms with Crippen molar-refractivity contribution in [2.24, 2.45) is 23.5 Å². The Morgan fingerprint density at radius 3 is 1.53 bits per heavy atom. The Bertz CT molecular complexity index is 850. The summed E-state index contributed by atoms with van der Waals surface area (Å²) in [5, 5.41) is 28.2. The topological polar surface area (TPSA) is 217 Å². The predicted octanol–water partition coefficient (Wildman–Crippen LogP) is -0.0296. The molecule has 0 aliphatic heterocycles. The number of hydrogen-bond donors (Lipinski definition) is 7. The molecule has 13 nitrogen and oxygen atoms in total. The van der Waals surface area contributed by atoms with Crippen LogP contribution in [0, 0.1) is 17.8 Å². The first-order valence-electron chi connectivity index (χ1n) is 13.0. The third kappa shape index (κ3) is 11.4. The van der Waals surface area contributed by atoms with Gasteiger partial charge in [0.2, 0.25) is 23.6 Å². The molecule has 0 aliphatic carbocycles. The molecule has 4 amide bonds. The average Bonchev–Trinajstić information content (AvgIpc) is 2.85. The first kappa shape index (κ1) is 34.8. The number of rotatable bonds is 17. The second-order valence-corrected chi connectivity index (χ2v) is 10.1. The fourth-order valence-corrected chi connectivity index (χ4v) is 3.39. The fraction of sp³-hybridized carbons (Fsp3) is 0.760. The van der Waals surface area contributed by atoms with Gasteiger partial charge >= 0.3 is 11.9 Å². The molecule has 0 unspecified atom stereocenters. The van der Waals surface area contributed by atoms with Crippen LogP contribution in [0.3, 0.4) is 0 Å². The van der Waals surface area contributed by atoms with Gasteiger partial charge in [0.1, 0.15) is 24.2 Å². The Labute approximate surface area is 224 Å². The van der Waals surface area contributed by atoms with E-state index in [-0.39, 0.29) is 18.3 Å². The van der Waals surface area contributed by atoms with Crippen molar-refractivity contribution in [1.29, 1.82) is 0 Å². The van der Waals surface area contributed by atoms with Crippen molar-refractivity contribution in [2.75, 3.05) is 0 Å². The highest BCUT2D eigenvalue weighted by molar-refractivity contribution is 5.95. The third-order valence-electron chi connectivity index (χ3n) is 6.62. The molecule has 0 aromatic carbocycles. The Morgan fingerprint density at radius 1 is 0.684 bits per heavy atom. The van der Waals surface area contributed by atoms with Crippen LogP contribution >= 0.6 is 0 Å². The zero-order valence-corrected chi connectivity index (χ0v) is 23.4. The van der Waals surface area contributed by atoms with Gasteiger partial charge in [-0.05, 0) is 31.1 Å². The minimum absolute atomic E-state index is 0.145. The van der Waals surface area contributed by atoms with Gasteiger partial charge in [0, 0.05) is 6.42 Å². The molecular weight excluding hydrogens is 498 g/mol. The lowest BCUT2D eigenvalue weighted by Gasteiger charge is -2.29. The van der Waals surface area contributed by atoms with E-state index in [0.29, 0.717) is 12.8 Å². The molecule has 218 valence electrons. The van der Waals surface area contributed by atoms with Crippen LogP contribution in [-0.2, 0) is 28.8 Å². The lowest BCUT2D eigenvalue weighted by Crippen LogP contribution is -2.60. The third-order valence-corrected chi connectivity index (χ3v) is 6.62. The lowest BCUT2D eigenvalue weighted by atomic mass is 9.96. The first-order valence-corrected chi connectivity index (χ1v) is 13.0. The number of aliphatic carboxylic acids is 2. The van der Waals surface area contributed by atoms with E-state index in [1.807, 2.05) is 6.92 Å². The van der Waals surface area contributed by atoms with Gasteiger partial charge in [-0.3, -0.25) is 24.0 Å². The van der Waals surface area contributed by atoms with Crippen LogP contribution < -0.4 is 27.0 Å². The average molecular weight is 544 g/mol. The van der Waals surface area contributed by atoms with Crippen molar-refractivity contribution < 1.29 is 39.0 Å². The highest BCUT2D eigenvalue weighted by atomic mass is 16.4. The number of nitrogens with two attached hydrogens (primary N) is 1. The molecule has 0 aromatic heterocycles. The maximum atomic E-state index is 13.0. The molecule has 0 radical (unpaired) electrons. The summed E-state index contributed by atoms with van der Waals surface area (Å²) in [6.45, 7) is 12.1. The van der Waals surface area contributed by atoms with Crippen LogP contribution in [0.1, 0.15) is 74.1 Å². The molecule has 8 N–H and O–H groups in total. The molecule has 0 fully saturated rings. The van der Waals surface area contributed by atoms with Crippen LogP contribution in [-0.4, -0.2) is 76.0 Å². The van der Waals surface area contributed by atoms with E-state index in [9.17, 15) is 33.9 Å². The van der Waals surface area contributed by atoms with Crippen LogP contribution in [0.25, 0.3) is 0 Å². The second kappa shape index (κ2) is 16.6. The molecule has 0 aromatic rings. The lowest BCUT2D eigenvalue weighted by molar-refractivity contribution is -0.143. The number of hydrogen-bond acceptors (Lipinski definition) is 7. The number of carboxylic acids is 2. The van der Waals surface area contributed by atoms with E-state index in [1.165, 1.54) is 6.92 Å². The summed E-state index contributed by atoms with van der Waals surface area (Å²) < 4.78 is 0. The highest BCUT2D eigenvalue weighted by Gasteiger charge is 2.33. The molecule has 38 heavy (non-hydrogen) atoms. The zero-order valence-electron chi connectivity index (χ0n) is 23.4. The van der Waals surface area contributed by atoms with E-state index in [0.717, 1.165) is 0 Å². The van der Waals surface area contributed by atoms with E-state index >= 15 is 0 Å². The van der Waals surface area contributed by atoms with Gasteiger partial charge in [0.25, 0.3) is 0 Å². The number of carboxylic acid groups (broad SMARTS) is 2.